The molecule has 1 aromatic rings. The van der Waals surface area contributed by atoms with E-state index in [1.165, 1.54) is 6.42 Å². The van der Waals surface area contributed by atoms with Crippen LogP contribution in [0.1, 0.15) is 30.9 Å². The molecule has 1 atom stereocenters. The van der Waals surface area contributed by atoms with Crippen LogP contribution in [0.25, 0.3) is 0 Å². The summed E-state index contributed by atoms with van der Waals surface area (Å²) in [5.74, 6) is 0.413. The Kier molecular flexibility index (Phi) is 4.95. The third kappa shape index (κ3) is 3.42. The number of aromatic hydroxyl groups is 1. The number of benzene rings is 1. The van der Waals surface area contributed by atoms with Crippen molar-refractivity contribution in [3.05, 3.63) is 29.8 Å². The number of nitrogens with one attached hydrogen (secondary N) is 1. The van der Waals surface area contributed by atoms with E-state index in [1.807, 2.05) is 17.0 Å². The average Bonchev–Trinajstić information content (AvgIpc) is 2.57. The average molecular weight is 303 g/mol. The molecule has 0 bridgehead atoms. The van der Waals surface area contributed by atoms with Gasteiger partial charge in [0.2, 0.25) is 5.91 Å². The number of phenolic OH excluding ortho intramolecular Hbond substituents is 1. The van der Waals surface area contributed by atoms with E-state index in [4.69, 9.17) is 0 Å². The number of likely N-dealkylation sites (tertiary alicyclic amines) is 1. The van der Waals surface area contributed by atoms with E-state index < -0.39 is 0 Å². The summed E-state index contributed by atoms with van der Waals surface area (Å²) in [7, 11) is 0. The standard InChI is InChI=1S/C17H25N3O2/c21-15-6-4-5-14(13-15)16(19-11-7-18-8-12-19)17(22)20-9-2-1-3-10-20/h4-6,13,16,18,21H,1-3,7-12H2. The fourth-order valence-corrected chi connectivity index (χ4v) is 3.43. The number of piperidine rings is 1. The van der Waals surface area contributed by atoms with Gasteiger partial charge in [-0.2, -0.15) is 0 Å². The number of hydrogen-bond donors (Lipinski definition) is 2. The predicted octanol–water partition coefficient (Wildman–Crippen LogP) is 1.35. The van der Waals surface area contributed by atoms with Gasteiger partial charge in [-0.3, -0.25) is 9.69 Å². The molecule has 5 nitrogen and oxygen atoms in total. The highest BCUT2D eigenvalue weighted by Crippen LogP contribution is 2.27. The van der Waals surface area contributed by atoms with Crippen LogP contribution in [0.4, 0.5) is 0 Å². The second-order valence-corrected chi connectivity index (χ2v) is 6.17. The van der Waals surface area contributed by atoms with Crippen molar-refractivity contribution < 1.29 is 9.90 Å². The largest absolute Gasteiger partial charge is 0.508 e. The zero-order valence-corrected chi connectivity index (χ0v) is 13.0. The lowest BCUT2D eigenvalue weighted by atomic mass is 10.0. The Balaban J connectivity index is 1.86. The second kappa shape index (κ2) is 7.11. The predicted molar refractivity (Wildman–Crippen MR) is 85.7 cm³/mol. The van der Waals surface area contributed by atoms with E-state index in [9.17, 15) is 9.90 Å². The quantitative estimate of drug-likeness (QED) is 0.885. The summed E-state index contributed by atoms with van der Waals surface area (Å²) in [4.78, 5) is 17.3. The molecule has 0 radical (unpaired) electrons. The number of piperazine rings is 1. The molecule has 2 fully saturated rings. The van der Waals surface area contributed by atoms with Gasteiger partial charge in [-0.25, -0.2) is 0 Å². The number of carbonyl (C=O) groups excluding carboxylic acids is 1. The summed E-state index contributed by atoms with van der Waals surface area (Å²) in [5.41, 5.74) is 0.900. The summed E-state index contributed by atoms with van der Waals surface area (Å²) in [6.07, 6.45) is 3.41. The number of nitrogens with zero attached hydrogens (tertiary/aromatic N) is 2. The normalized spacial score (nSPS) is 21.5. The second-order valence-electron chi connectivity index (χ2n) is 6.17. The Hall–Kier alpha value is -1.59. The Morgan fingerprint density at radius 3 is 2.50 bits per heavy atom. The summed E-state index contributed by atoms with van der Waals surface area (Å²) >= 11 is 0. The van der Waals surface area contributed by atoms with Crippen molar-refractivity contribution >= 4 is 5.91 Å². The molecule has 0 aliphatic carbocycles. The van der Waals surface area contributed by atoms with Gasteiger partial charge in [0.15, 0.2) is 0 Å². The molecule has 0 saturated carbocycles. The fraction of sp³-hybridized carbons (Fsp3) is 0.588. The van der Waals surface area contributed by atoms with E-state index in [0.29, 0.717) is 0 Å². The van der Waals surface area contributed by atoms with Crippen molar-refractivity contribution in [2.45, 2.75) is 25.3 Å². The molecule has 2 aliphatic heterocycles. The van der Waals surface area contributed by atoms with Crippen LogP contribution in [0.15, 0.2) is 24.3 Å². The molecule has 5 heteroatoms. The third-order valence-electron chi connectivity index (χ3n) is 4.60. The van der Waals surface area contributed by atoms with Gasteiger partial charge < -0.3 is 15.3 Å². The molecule has 120 valence electrons. The summed E-state index contributed by atoms with van der Waals surface area (Å²) < 4.78 is 0. The molecule has 22 heavy (non-hydrogen) atoms. The molecule has 2 heterocycles. The number of amides is 1. The zero-order valence-electron chi connectivity index (χ0n) is 13.0. The lowest BCUT2D eigenvalue weighted by Gasteiger charge is -2.38. The van der Waals surface area contributed by atoms with Gasteiger partial charge in [0.05, 0.1) is 0 Å². The van der Waals surface area contributed by atoms with Crippen molar-refractivity contribution in [2.75, 3.05) is 39.3 Å². The van der Waals surface area contributed by atoms with E-state index in [0.717, 1.165) is 57.7 Å². The fourth-order valence-electron chi connectivity index (χ4n) is 3.43. The molecule has 2 saturated heterocycles. The van der Waals surface area contributed by atoms with Gasteiger partial charge in [-0.05, 0) is 37.0 Å². The highest BCUT2D eigenvalue weighted by atomic mass is 16.3. The van der Waals surface area contributed by atoms with Gasteiger partial charge in [-0.1, -0.05) is 12.1 Å². The Morgan fingerprint density at radius 2 is 1.82 bits per heavy atom. The lowest BCUT2D eigenvalue weighted by molar-refractivity contribution is -0.138. The summed E-state index contributed by atoms with van der Waals surface area (Å²) in [6.45, 7) is 5.26. The summed E-state index contributed by atoms with van der Waals surface area (Å²) in [6, 6.07) is 6.89. The van der Waals surface area contributed by atoms with Crippen LogP contribution in [-0.2, 0) is 4.79 Å². The van der Waals surface area contributed by atoms with Gasteiger partial charge in [-0.15, -0.1) is 0 Å². The van der Waals surface area contributed by atoms with Crippen LogP contribution in [-0.4, -0.2) is 60.1 Å². The van der Waals surface area contributed by atoms with Crippen molar-refractivity contribution in [3.8, 4) is 5.75 Å². The highest BCUT2D eigenvalue weighted by molar-refractivity contribution is 5.83. The minimum atomic E-state index is -0.271. The van der Waals surface area contributed by atoms with Crippen LogP contribution >= 0.6 is 0 Å². The zero-order chi connectivity index (χ0) is 15.4. The first-order chi connectivity index (χ1) is 10.8. The Bertz CT molecular complexity index is 508. The first-order valence-corrected chi connectivity index (χ1v) is 8.28. The van der Waals surface area contributed by atoms with Crippen LogP contribution in [0.3, 0.4) is 0 Å². The van der Waals surface area contributed by atoms with Crippen LogP contribution in [0.2, 0.25) is 0 Å². The highest BCUT2D eigenvalue weighted by Gasteiger charge is 2.32. The van der Waals surface area contributed by atoms with E-state index in [1.54, 1.807) is 12.1 Å². The topological polar surface area (TPSA) is 55.8 Å². The third-order valence-corrected chi connectivity index (χ3v) is 4.60. The van der Waals surface area contributed by atoms with Crippen molar-refractivity contribution in [2.24, 2.45) is 0 Å². The van der Waals surface area contributed by atoms with Crippen molar-refractivity contribution in [1.82, 2.24) is 15.1 Å². The molecule has 1 aromatic carbocycles. The molecule has 1 unspecified atom stereocenters. The number of carbonyl (C=O) groups is 1. The van der Waals surface area contributed by atoms with Crippen molar-refractivity contribution in [1.29, 1.82) is 0 Å². The Morgan fingerprint density at radius 1 is 1.09 bits per heavy atom. The molecule has 1 amide bonds. The smallest absolute Gasteiger partial charge is 0.244 e. The number of hydrogen-bond acceptors (Lipinski definition) is 4. The van der Waals surface area contributed by atoms with Crippen LogP contribution in [0.5, 0.6) is 5.75 Å². The van der Waals surface area contributed by atoms with E-state index in [2.05, 4.69) is 10.2 Å². The van der Waals surface area contributed by atoms with Crippen molar-refractivity contribution in [3.63, 3.8) is 0 Å². The summed E-state index contributed by atoms with van der Waals surface area (Å²) in [5, 5.41) is 13.1. The molecule has 2 N–H and O–H groups in total. The molecule has 2 aliphatic rings. The molecule has 3 rings (SSSR count). The minimum absolute atomic E-state index is 0.187. The maximum absolute atomic E-state index is 13.1. The lowest BCUT2D eigenvalue weighted by Crippen LogP contribution is -2.51. The van der Waals surface area contributed by atoms with Crippen LogP contribution < -0.4 is 5.32 Å². The van der Waals surface area contributed by atoms with Gasteiger partial charge in [0, 0.05) is 39.3 Å². The maximum atomic E-state index is 13.1. The van der Waals surface area contributed by atoms with Gasteiger partial charge >= 0.3 is 0 Å². The first-order valence-electron chi connectivity index (χ1n) is 8.28. The first kappa shape index (κ1) is 15.3. The number of phenols is 1. The maximum Gasteiger partial charge on any atom is 0.244 e. The van der Waals surface area contributed by atoms with Crippen LogP contribution in [0, 0.1) is 0 Å². The Labute approximate surface area is 131 Å². The molecule has 0 spiro atoms. The minimum Gasteiger partial charge on any atom is -0.508 e. The van der Waals surface area contributed by atoms with Gasteiger partial charge in [0.1, 0.15) is 11.8 Å². The molecular weight excluding hydrogens is 278 g/mol. The van der Waals surface area contributed by atoms with Gasteiger partial charge in [0.25, 0.3) is 0 Å². The SMILES string of the molecule is O=C(C(c1cccc(O)c1)N1CCNCC1)N1CCCCC1. The van der Waals surface area contributed by atoms with E-state index in [-0.39, 0.29) is 17.7 Å². The van der Waals surface area contributed by atoms with E-state index >= 15 is 0 Å². The monoisotopic (exact) mass is 303 g/mol. The number of rotatable bonds is 3. The molecule has 0 aromatic heterocycles. The molecular formula is C17H25N3O2.